The molecule has 2 aromatic carbocycles. The third kappa shape index (κ3) is 2.87. The average molecular weight is 442 g/mol. The maximum Gasteiger partial charge on any atom is 0.0705 e. The standard InChI is InChI=1S/C20H14Br2N2/c21-15-5-1-13(2-6-15)17-9-11-23-19(17)20-18(10-12-24-20)14-3-7-16(22)8-4-14/h1-12,23-24H. The molecule has 24 heavy (non-hydrogen) atoms. The maximum absolute atomic E-state index is 3.50. The van der Waals surface area contributed by atoms with Crippen LogP contribution in [0.25, 0.3) is 33.6 Å². The van der Waals surface area contributed by atoms with E-state index in [1.54, 1.807) is 0 Å². The molecule has 0 bridgehead atoms. The van der Waals surface area contributed by atoms with Crippen molar-refractivity contribution < 1.29 is 0 Å². The molecule has 0 saturated carbocycles. The van der Waals surface area contributed by atoms with Gasteiger partial charge < -0.3 is 9.97 Å². The van der Waals surface area contributed by atoms with Crippen LogP contribution in [-0.4, -0.2) is 9.97 Å². The van der Waals surface area contributed by atoms with E-state index in [0.717, 1.165) is 20.3 Å². The number of aromatic amines is 2. The SMILES string of the molecule is Brc1ccc(-c2cc[nH]c2-c2[nH]ccc2-c2ccc(Br)cc2)cc1. The molecule has 0 aliphatic heterocycles. The van der Waals surface area contributed by atoms with Crippen molar-refractivity contribution in [1.29, 1.82) is 0 Å². The lowest BCUT2D eigenvalue weighted by Gasteiger charge is -2.07. The van der Waals surface area contributed by atoms with Gasteiger partial charge in [-0.2, -0.15) is 0 Å². The van der Waals surface area contributed by atoms with Crippen LogP contribution >= 0.6 is 31.9 Å². The Balaban J connectivity index is 1.82. The summed E-state index contributed by atoms with van der Waals surface area (Å²) in [5.41, 5.74) is 6.93. The smallest absolute Gasteiger partial charge is 0.0705 e. The zero-order chi connectivity index (χ0) is 16.5. The Morgan fingerprint density at radius 3 is 1.25 bits per heavy atom. The lowest BCUT2D eigenvalue weighted by Crippen LogP contribution is -1.86. The summed E-state index contributed by atoms with van der Waals surface area (Å²) in [6, 6.07) is 21.0. The molecule has 4 aromatic rings. The van der Waals surface area contributed by atoms with Gasteiger partial charge in [0.2, 0.25) is 0 Å². The maximum atomic E-state index is 3.50. The van der Waals surface area contributed by atoms with Gasteiger partial charge in [-0.3, -0.25) is 0 Å². The van der Waals surface area contributed by atoms with Crippen LogP contribution in [0.1, 0.15) is 0 Å². The predicted molar refractivity (Wildman–Crippen MR) is 107 cm³/mol. The molecule has 0 fully saturated rings. The van der Waals surface area contributed by atoms with Gasteiger partial charge in [0, 0.05) is 32.5 Å². The topological polar surface area (TPSA) is 31.6 Å². The molecule has 0 aliphatic carbocycles. The van der Waals surface area contributed by atoms with Crippen LogP contribution in [0.3, 0.4) is 0 Å². The number of halogens is 2. The molecule has 2 heterocycles. The van der Waals surface area contributed by atoms with Gasteiger partial charge in [0.1, 0.15) is 0 Å². The summed E-state index contributed by atoms with van der Waals surface area (Å²) in [6.07, 6.45) is 3.97. The van der Waals surface area contributed by atoms with Gasteiger partial charge in [-0.25, -0.2) is 0 Å². The second-order valence-corrected chi connectivity index (χ2v) is 7.38. The zero-order valence-corrected chi connectivity index (χ0v) is 15.9. The van der Waals surface area contributed by atoms with Gasteiger partial charge in [-0.05, 0) is 47.5 Å². The van der Waals surface area contributed by atoms with E-state index in [9.17, 15) is 0 Å². The fourth-order valence-corrected chi connectivity index (χ4v) is 3.42. The second kappa shape index (κ2) is 6.46. The fourth-order valence-electron chi connectivity index (χ4n) is 2.89. The molecule has 0 saturated heterocycles. The largest absolute Gasteiger partial charge is 0.359 e. The number of rotatable bonds is 3. The number of hydrogen-bond donors (Lipinski definition) is 2. The van der Waals surface area contributed by atoms with E-state index in [1.807, 2.05) is 12.4 Å². The van der Waals surface area contributed by atoms with E-state index < -0.39 is 0 Å². The molecule has 0 amide bonds. The minimum absolute atomic E-state index is 1.08. The molecular formula is C20H14Br2N2. The number of H-pyrrole nitrogens is 2. The molecule has 0 spiro atoms. The van der Waals surface area contributed by atoms with Gasteiger partial charge in [-0.15, -0.1) is 0 Å². The first-order chi connectivity index (χ1) is 11.7. The molecule has 2 nitrogen and oxygen atoms in total. The summed E-state index contributed by atoms with van der Waals surface area (Å²) < 4.78 is 2.16. The highest BCUT2D eigenvalue weighted by Gasteiger charge is 2.14. The van der Waals surface area contributed by atoms with Crippen LogP contribution in [0, 0.1) is 0 Å². The van der Waals surface area contributed by atoms with Gasteiger partial charge >= 0.3 is 0 Å². The minimum Gasteiger partial charge on any atom is -0.359 e. The fraction of sp³-hybridized carbons (Fsp3) is 0. The van der Waals surface area contributed by atoms with E-state index in [4.69, 9.17) is 0 Å². The van der Waals surface area contributed by atoms with Crippen LogP contribution < -0.4 is 0 Å². The van der Waals surface area contributed by atoms with Gasteiger partial charge in [-0.1, -0.05) is 56.1 Å². The first kappa shape index (κ1) is 15.5. The summed E-state index contributed by atoms with van der Waals surface area (Å²) >= 11 is 6.99. The van der Waals surface area contributed by atoms with Crippen LogP contribution in [0.2, 0.25) is 0 Å². The Morgan fingerprint density at radius 1 is 0.500 bits per heavy atom. The molecule has 2 N–H and O–H groups in total. The molecule has 4 rings (SSSR count). The lowest BCUT2D eigenvalue weighted by molar-refractivity contribution is 1.33. The molecule has 2 aromatic heterocycles. The number of nitrogens with one attached hydrogen (secondary N) is 2. The molecule has 118 valence electrons. The van der Waals surface area contributed by atoms with Crippen molar-refractivity contribution in [2.45, 2.75) is 0 Å². The van der Waals surface area contributed by atoms with Crippen molar-refractivity contribution in [2.75, 3.05) is 0 Å². The van der Waals surface area contributed by atoms with Crippen LogP contribution in [0.4, 0.5) is 0 Å². The van der Waals surface area contributed by atoms with E-state index in [1.165, 1.54) is 22.3 Å². The van der Waals surface area contributed by atoms with Crippen molar-refractivity contribution in [3.63, 3.8) is 0 Å². The van der Waals surface area contributed by atoms with Crippen LogP contribution in [0.15, 0.2) is 82.0 Å². The molecule has 0 unspecified atom stereocenters. The highest BCUT2D eigenvalue weighted by Crippen LogP contribution is 2.36. The average Bonchev–Trinajstić information content (AvgIpc) is 3.25. The second-order valence-electron chi connectivity index (χ2n) is 5.55. The highest BCUT2D eigenvalue weighted by molar-refractivity contribution is 9.10. The Hall–Kier alpha value is -2.04. The van der Waals surface area contributed by atoms with E-state index >= 15 is 0 Å². The summed E-state index contributed by atoms with van der Waals surface area (Å²) in [5.74, 6) is 0. The Morgan fingerprint density at radius 2 is 0.875 bits per heavy atom. The van der Waals surface area contributed by atoms with Gasteiger partial charge in [0.25, 0.3) is 0 Å². The first-order valence-electron chi connectivity index (χ1n) is 7.59. The van der Waals surface area contributed by atoms with E-state index in [2.05, 4.69) is 102 Å². The lowest BCUT2D eigenvalue weighted by atomic mass is 10.00. The van der Waals surface area contributed by atoms with Gasteiger partial charge in [0.05, 0.1) is 11.4 Å². The first-order valence-corrected chi connectivity index (χ1v) is 9.18. The summed E-state index contributed by atoms with van der Waals surface area (Å²) in [5, 5.41) is 0. The molecule has 0 radical (unpaired) electrons. The predicted octanol–water partition coefficient (Wildman–Crippen LogP) is 6.87. The van der Waals surface area contributed by atoms with Crippen molar-refractivity contribution in [3.05, 3.63) is 82.0 Å². The van der Waals surface area contributed by atoms with Crippen molar-refractivity contribution >= 4 is 31.9 Å². The van der Waals surface area contributed by atoms with Crippen LogP contribution in [-0.2, 0) is 0 Å². The van der Waals surface area contributed by atoms with Crippen molar-refractivity contribution in [3.8, 4) is 33.6 Å². The summed E-state index contributed by atoms with van der Waals surface area (Å²) in [4.78, 5) is 6.78. The van der Waals surface area contributed by atoms with Crippen LogP contribution in [0.5, 0.6) is 0 Å². The highest BCUT2D eigenvalue weighted by atomic mass is 79.9. The Bertz CT molecular complexity index is 882. The monoisotopic (exact) mass is 440 g/mol. The minimum atomic E-state index is 1.08. The third-order valence-electron chi connectivity index (χ3n) is 4.05. The van der Waals surface area contributed by atoms with E-state index in [0.29, 0.717) is 0 Å². The third-order valence-corrected chi connectivity index (χ3v) is 5.11. The number of benzene rings is 2. The van der Waals surface area contributed by atoms with E-state index in [-0.39, 0.29) is 0 Å². The number of hydrogen-bond acceptors (Lipinski definition) is 0. The summed E-state index contributed by atoms with van der Waals surface area (Å²) in [6.45, 7) is 0. The Kier molecular flexibility index (Phi) is 4.17. The molecule has 0 atom stereocenters. The van der Waals surface area contributed by atoms with Crippen molar-refractivity contribution in [1.82, 2.24) is 9.97 Å². The molecular weight excluding hydrogens is 428 g/mol. The van der Waals surface area contributed by atoms with Gasteiger partial charge in [0.15, 0.2) is 0 Å². The molecule has 4 heteroatoms. The normalized spacial score (nSPS) is 10.9. The molecule has 0 aliphatic rings. The Labute approximate surface area is 157 Å². The summed E-state index contributed by atoms with van der Waals surface area (Å²) in [7, 11) is 0. The number of aromatic nitrogens is 2. The van der Waals surface area contributed by atoms with Crippen molar-refractivity contribution in [2.24, 2.45) is 0 Å². The zero-order valence-electron chi connectivity index (χ0n) is 12.7. The quantitative estimate of drug-likeness (QED) is 0.347.